The van der Waals surface area contributed by atoms with E-state index in [0.717, 1.165) is 17.7 Å². The number of hydrogen-bond donors (Lipinski definition) is 5. The second-order valence-electron chi connectivity index (χ2n) is 5.66. The van der Waals surface area contributed by atoms with Crippen LogP contribution in [-0.2, 0) is 6.42 Å². The molecule has 0 spiro atoms. The van der Waals surface area contributed by atoms with Crippen LogP contribution in [0.3, 0.4) is 0 Å². The van der Waals surface area contributed by atoms with Gasteiger partial charge in [0.05, 0.1) is 19.3 Å². The summed E-state index contributed by atoms with van der Waals surface area (Å²) in [5, 5.41) is 37.2. The highest BCUT2D eigenvalue weighted by Crippen LogP contribution is 2.03. The van der Waals surface area contributed by atoms with Crippen LogP contribution in [0, 0.1) is 0 Å². The molecule has 1 rings (SSSR count). The first-order chi connectivity index (χ1) is 10.1. The topological polar surface area (TPSA) is 85.4 Å². The average molecular weight is 298 g/mol. The summed E-state index contributed by atoms with van der Waals surface area (Å²) in [5.74, 6) is 0. The smallest absolute Gasteiger partial charge is 0.126 e. The third kappa shape index (κ3) is 7.02. The van der Waals surface area contributed by atoms with Gasteiger partial charge in [0.15, 0.2) is 0 Å². The number of quaternary nitrogens is 1. The largest absolute Gasteiger partial charge is 0.393 e. The van der Waals surface area contributed by atoms with Crippen LogP contribution >= 0.6 is 0 Å². The number of hydrogen-bond acceptors (Lipinski definition) is 4. The van der Waals surface area contributed by atoms with Crippen molar-refractivity contribution in [2.75, 3.05) is 26.3 Å². The van der Waals surface area contributed by atoms with Crippen molar-refractivity contribution in [1.29, 1.82) is 0 Å². The van der Waals surface area contributed by atoms with Crippen molar-refractivity contribution in [1.82, 2.24) is 0 Å². The average Bonchev–Trinajstić information content (AvgIpc) is 2.52. The molecule has 0 saturated heterocycles. The lowest BCUT2D eigenvalue weighted by atomic mass is 10.0. The van der Waals surface area contributed by atoms with Crippen LogP contribution in [0.4, 0.5) is 0 Å². The molecule has 5 N–H and O–H groups in total. The van der Waals surface area contributed by atoms with E-state index in [0.29, 0.717) is 13.1 Å². The molecular weight excluding hydrogens is 270 g/mol. The summed E-state index contributed by atoms with van der Waals surface area (Å²) in [6, 6.07) is 10.4. The second kappa shape index (κ2) is 9.87. The summed E-state index contributed by atoms with van der Waals surface area (Å²) in [4.78, 5) is 0.994. The Hall–Kier alpha value is -0.980. The third-order valence-corrected chi connectivity index (χ3v) is 3.82. The van der Waals surface area contributed by atoms with Crippen LogP contribution in [0.2, 0.25) is 0 Å². The van der Waals surface area contributed by atoms with Crippen molar-refractivity contribution in [3.05, 3.63) is 35.9 Å². The lowest BCUT2D eigenvalue weighted by Crippen LogP contribution is -3.17. The molecule has 120 valence electrons. The zero-order valence-corrected chi connectivity index (χ0v) is 12.7. The molecule has 0 aliphatic rings. The summed E-state index contributed by atoms with van der Waals surface area (Å²) in [6.07, 6.45) is 0.237. The second-order valence-corrected chi connectivity index (χ2v) is 5.66. The maximum atomic E-state index is 9.63. The third-order valence-electron chi connectivity index (χ3n) is 3.82. The van der Waals surface area contributed by atoms with Crippen LogP contribution in [0.5, 0.6) is 0 Å². The molecule has 0 aliphatic carbocycles. The van der Waals surface area contributed by atoms with Crippen molar-refractivity contribution in [2.24, 2.45) is 0 Å². The fourth-order valence-corrected chi connectivity index (χ4v) is 2.45. The van der Waals surface area contributed by atoms with Gasteiger partial charge in [-0.2, -0.15) is 0 Å². The summed E-state index contributed by atoms with van der Waals surface area (Å²) in [5.41, 5.74) is 1.26. The number of aliphatic hydroxyl groups is 4. The zero-order chi connectivity index (χ0) is 15.7. The molecule has 1 aromatic rings. The summed E-state index contributed by atoms with van der Waals surface area (Å²) in [6.45, 7) is 2.22. The van der Waals surface area contributed by atoms with Crippen molar-refractivity contribution in [3.8, 4) is 0 Å². The van der Waals surface area contributed by atoms with Crippen LogP contribution in [0.1, 0.15) is 18.9 Å². The Morgan fingerprint density at radius 1 is 0.952 bits per heavy atom. The first kappa shape index (κ1) is 18.1. The Bertz CT molecular complexity index is 362. The Balaban J connectivity index is 2.54. The van der Waals surface area contributed by atoms with E-state index in [2.05, 4.69) is 19.1 Å². The van der Waals surface area contributed by atoms with Gasteiger partial charge in [-0.05, 0) is 18.9 Å². The van der Waals surface area contributed by atoms with Crippen LogP contribution in [0.15, 0.2) is 30.3 Å². The van der Waals surface area contributed by atoms with E-state index in [9.17, 15) is 10.2 Å². The maximum absolute atomic E-state index is 9.63. The Morgan fingerprint density at radius 3 is 1.95 bits per heavy atom. The fraction of sp³-hybridized carbons (Fsp3) is 0.625. The predicted molar refractivity (Wildman–Crippen MR) is 81.1 cm³/mol. The molecule has 0 radical (unpaired) electrons. The van der Waals surface area contributed by atoms with Crippen molar-refractivity contribution < 1.29 is 25.3 Å². The predicted octanol–water partition coefficient (Wildman–Crippen LogP) is -1.40. The van der Waals surface area contributed by atoms with Gasteiger partial charge in [-0.1, -0.05) is 30.3 Å². The van der Waals surface area contributed by atoms with Crippen LogP contribution in [0.25, 0.3) is 0 Å². The molecule has 0 saturated carbocycles. The van der Waals surface area contributed by atoms with Gasteiger partial charge in [0.25, 0.3) is 0 Å². The number of benzene rings is 1. The van der Waals surface area contributed by atoms with Gasteiger partial charge in [-0.15, -0.1) is 0 Å². The highest BCUT2D eigenvalue weighted by molar-refractivity contribution is 5.14. The van der Waals surface area contributed by atoms with E-state index in [4.69, 9.17) is 10.2 Å². The monoisotopic (exact) mass is 298 g/mol. The molecule has 0 unspecified atom stereocenters. The van der Waals surface area contributed by atoms with Gasteiger partial charge in [0.2, 0.25) is 0 Å². The van der Waals surface area contributed by atoms with Crippen LogP contribution < -0.4 is 4.90 Å². The summed E-state index contributed by atoms with van der Waals surface area (Å²) in [7, 11) is 0. The molecule has 0 amide bonds. The van der Waals surface area contributed by atoms with Gasteiger partial charge in [-0.25, -0.2) is 0 Å². The molecule has 5 nitrogen and oxygen atoms in total. The Kier molecular flexibility index (Phi) is 8.49. The van der Waals surface area contributed by atoms with Gasteiger partial charge < -0.3 is 25.3 Å². The summed E-state index contributed by atoms with van der Waals surface area (Å²) < 4.78 is 0. The van der Waals surface area contributed by atoms with E-state index in [1.807, 2.05) is 18.2 Å². The molecular formula is C16H28NO4+. The molecule has 5 heteroatoms. The highest BCUT2D eigenvalue weighted by Gasteiger charge is 2.23. The lowest BCUT2D eigenvalue weighted by molar-refractivity contribution is -0.929. The first-order valence-electron chi connectivity index (χ1n) is 7.53. The van der Waals surface area contributed by atoms with E-state index in [-0.39, 0.29) is 19.3 Å². The minimum atomic E-state index is -0.801. The SMILES string of the molecule is C[C@H](CCc1ccccc1)[NH+](C[C@@H](O)CO)C[C@@H](O)CO. The number of aliphatic hydroxyl groups excluding tert-OH is 4. The fourth-order valence-electron chi connectivity index (χ4n) is 2.45. The number of aryl methyl sites for hydroxylation is 1. The van der Waals surface area contributed by atoms with E-state index >= 15 is 0 Å². The van der Waals surface area contributed by atoms with Gasteiger partial charge in [0, 0.05) is 6.42 Å². The van der Waals surface area contributed by atoms with E-state index < -0.39 is 12.2 Å². The number of nitrogens with one attached hydrogen (secondary N) is 1. The molecule has 0 aliphatic heterocycles. The molecule has 0 bridgehead atoms. The van der Waals surface area contributed by atoms with Gasteiger partial charge >= 0.3 is 0 Å². The molecule has 21 heavy (non-hydrogen) atoms. The van der Waals surface area contributed by atoms with Crippen molar-refractivity contribution >= 4 is 0 Å². The molecule has 0 aromatic heterocycles. The Labute approximate surface area is 126 Å². The Morgan fingerprint density at radius 2 is 1.48 bits per heavy atom. The van der Waals surface area contributed by atoms with Gasteiger partial charge in [0.1, 0.15) is 25.3 Å². The van der Waals surface area contributed by atoms with Crippen molar-refractivity contribution in [3.63, 3.8) is 0 Å². The van der Waals surface area contributed by atoms with Gasteiger partial charge in [-0.3, -0.25) is 0 Å². The minimum absolute atomic E-state index is 0.215. The molecule has 3 atom stereocenters. The normalized spacial score (nSPS) is 15.9. The molecule has 1 aromatic carbocycles. The van der Waals surface area contributed by atoms with E-state index in [1.54, 1.807) is 0 Å². The number of rotatable bonds is 10. The quantitative estimate of drug-likeness (QED) is 0.368. The highest BCUT2D eigenvalue weighted by atomic mass is 16.3. The minimum Gasteiger partial charge on any atom is -0.393 e. The molecule has 0 heterocycles. The lowest BCUT2D eigenvalue weighted by Gasteiger charge is -2.29. The maximum Gasteiger partial charge on any atom is 0.126 e. The standard InChI is InChI=1S/C16H27NO4/c1-13(7-8-14-5-3-2-4-6-14)17(9-15(20)11-18)10-16(21)12-19/h2-6,13,15-16,18-21H,7-12H2,1H3/p+1/t13-,15-,16-/m1/s1. The zero-order valence-electron chi connectivity index (χ0n) is 12.7. The van der Waals surface area contributed by atoms with Crippen molar-refractivity contribution in [2.45, 2.75) is 38.0 Å². The molecule has 0 fully saturated rings. The first-order valence-corrected chi connectivity index (χ1v) is 7.53. The van der Waals surface area contributed by atoms with E-state index in [1.165, 1.54) is 5.56 Å². The summed E-state index contributed by atoms with van der Waals surface area (Å²) >= 11 is 0. The van der Waals surface area contributed by atoms with Crippen LogP contribution in [-0.4, -0.2) is 65.0 Å².